The molecular weight excluding hydrogens is 252 g/mol. The summed E-state index contributed by atoms with van der Waals surface area (Å²) in [5.41, 5.74) is 1.59. The average Bonchev–Trinajstić information content (AvgIpc) is 3.19. The normalized spacial score (nSPS) is 17.4. The lowest BCUT2D eigenvalue weighted by Gasteiger charge is -2.25. The lowest BCUT2D eigenvalue weighted by atomic mass is 10.1. The molecule has 0 amide bonds. The molecule has 1 aromatic carbocycles. The summed E-state index contributed by atoms with van der Waals surface area (Å²) in [5.74, 6) is 0.760. The highest BCUT2D eigenvalue weighted by atomic mass is 16.5. The second kappa shape index (κ2) is 5.82. The van der Waals surface area contributed by atoms with Crippen molar-refractivity contribution in [3.63, 3.8) is 0 Å². The van der Waals surface area contributed by atoms with Gasteiger partial charge in [-0.05, 0) is 56.9 Å². The minimum absolute atomic E-state index is 0.236. The number of nitriles is 1. The number of ether oxygens (including phenoxy) is 1. The van der Waals surface area contributed by atoms with Crippen LogP contribution in [-0.4, -0.2) is 29.9 Å². The number of nitrogens with zero attached hydrogens (tertiary/aromatic N) is 1. The first kappa shape index (κ1) is 14.8. The SMILES string of the molecule is Cc1cc(C#N)cc(C)c1OCC(C)(O)CNC1CC1. The zero-order valence-corrected chi connectivity index (χ0v) is 12.4. The molecule has 1 unspecified atom stereocenters. The Bertz CT molecular complexity index is 505. The average molecular weight is 274 g/mol. The second-order valence-electron chi connectivity index (χ2n) is 5.99. The zero-order chi connectivity index (χ0) is 14.8. The molecule has 0 aromatic heterocycles. The van der Waals surface area contributed by atoms with Crippen LogP contribution in [0.3, 0.4) is 0 Å². The molecule has 0 bridgehead atoms. The summed E-state index contributed by atoms with van der Waals surface area (Å²) >= 11 is 0. The zero-order valence-electron chi connectivity index (χ0n) is 12.4. The molecule has 108 valence electrons. The van der Waals surface area contributed by atoms with Gasteiger partial charge < -0.3 is 15.2 Å². The van der Waals surface area contributed by atoms with Gasteiger partial charge in [0.15, 0.2) is 0 Å². The van der Waals surface area contributed by atoms with Crippen LogP contribution in [0.2, 0.25) is 0 Å². The third kappa shape index (κ3) is 3.96. The van der Waals surface area contributed by atoms with Crippen molar-refractivity contribution in [2.75, 3.05) is 13.2 Å². The fraction of sp³-hybridized carbons (Fsp3) is 0.562. The van der Waals surface area contributed by atoms with Crippen molar-refractivity contribution < 1.29 is 9.84 Å². The van der Waals surface area contributed by atoms with E-state index in [9.17, 15) is 5.11 Å². The highest BCUT2D eigenvalue weighted by Gasteiger charge is 2.27. The Morgan fingerprint density at radius 3 is 2.50 bits per heavy atom. The number of nitrogens with one attached hydrogen (secondary N) is 1. The number of benzene rings is 1. The van der Waals surface area contributed by atoms with Crippen LogP contribution < -0.4 is 10.1 Å². The maximum atomic E-state index is 10.3. The molecule has 4 heteroatoms. The van der Waals surface area contributed by atoms with Crippen LogP contribution in [-0.2, 0) is 0 Å². The summed E-state index contributed by atoms with van der Waals surface area (Å²) in [6.45, 7) is 6.38. The van der Waals surface area contributed by atoms with E-state index in [4.69, 9.17) is 10.00 Å². The van der Waals surface area contributed by atoms with Crippen LogP contribution >= 0.6 is 0 Å². The monoisotopic (exact) mass is 274 g/mol. The number of rotatable bonds is 6. The lowest BCUT2D eigenvalue weighted by molar-refractivity contribution is 0.0116. The van der Waals surface area contributed by atoms with Gasteiger partial charge in [0.25, 0.3) is 0 Å². The lowest BCUT2D eigenvalue weighted by Crippen LogP contribution is -2.43. The Kier molecular flexibility index (Phi) is 4.32. The summed E-state index contributed by atoms with van der Waals surface area (Å²) in [4.78, 5) is 0. The van der Waals surface area contributed by atoms with Gasteiger partial charge in [-0.2, -0.15) is 5.26 Å². The van der Waals surface area contributed by atoms with Crippen molar-refractivity contribution in [1.82, 2.24) is 5.32 Å². The van der Waals surface area contributed by atoms with E-state index in [1.807, 2.05) is 13.8 Å². The van der Waals surface area contributed by atoms with E-state index in [1.165, 1.54) is 12.8 Å². The molecule has 2 N–H and O–H groups in total. The molecule has 1 atom stereocenters. The third-order valence-corrected chi connectivity index (χ3v) is 3.47. The fourth-order valence-electron chi connectivity index (χ4n) is 2.17. The van der Waals surface area contributed by atoms with Crippen LogP contribution in [0.4, 0.5) is 0 Å². The topological polar surface area (TPSA) is 65.3 Å². The van der Waals surface area contributed by atoms with Gasteiger partial charge in [-0.15, -0.1) is 0 Å². The number of hydrogen-bond acceptors (Lipinski definition) is 4. The summed E-state index contributed by atoms with van der Waals surface area (Å²) in [7, 11) is 0. The molecule has 1 aromatic rings. The second-order valence-corrected chi connectivity index (χ2v) is 5.99. The first-order valence-corrected chi connectivity index (χ1v) is 7.01. The van der Waals surface area contributed by atoms with Gasteiger partial charge >= 0.3 is 0 Å². The maximum Gasteiger partial charge on any atom is 0.125 e. The van der Waals surface area contributed by atoms with E-state index < -0.39 is 5.60 Å². The molecule has 20 heavy (non-hydrogen) atoms. The van der Waals surface area contributed by atoms with E-state index in [0.29, 0.717) is 18.2 Å². The van der Waals surface area contributed by atoms with Gasteiger partial charge in [0, 0.05) is 12.6 Å². The predicted molar refractivity (Wildman–Crippen MR) is 77.8 cm³/mol. The van der Waals surface area contributed by atoms with Gasteiger partial charge in [-0.25, -0.2) is 0 Å². The van der Waals surface area contributed by atoms with E-state index in [0.717, 1.165) is 16.9 Å². The summed E-state index contributed by atoms with van der Waals surface area (Å²) in [5, 5.41) is 22.5. The minimum Gasteiger partial charge on any atom is -0.490 e. The van der Waals surface area contributed by atoms with Gasteiger partial charge in [-0.3, -0.25) is 0 Å². The molecule has 0 saturated heterocycles. The van der Waals surface area contributed by atoms with Crippen LogP contribution in [0, 0.1) is 25.2 Å². The van der Waals surface area contributed by atoms with Gasteiger partial charge in [0.1, 0.15) is 18.0 Å². The molecule has 0 heterocycles. The molecule has 1 aliphatic carbocycles. The van der Waals surface area contributed by atoms with Crippen molar-refractivity contribution in [2.45, 2.75) is 45.3 Å². The minimum atomic E-state index is -0.893. The van der Waals surface area contributed by atoms with Crippen LogP contribution in [0.15, 0.2) is 12.1 Å². The van der Waals surface area contributed by atoms with Crippen molar-refractivity contribution in [3.8, 4) is 11.8 Å². The number of hydrogen-bond donors (Lipinski definition) is 2. The van der Waals surface area contributed by atoms with Crippen LogP contribution in [0.1, 0.15) is 36.5 Å². The summed E-state index contributed by atoms with van der Waals surface area (Å²) in [6, 6.07) is 6.31. The molecule has 1 saturated carbocycles. The van der Waals surface area contributed by atoms with E-state index in [2.05, 4.69) is 11.4 Å². The van der Waals surface area contributed by atoms with Crippen molar-refractivity contribution in [1.29, 1.82) is 5.26 Å². The van der Waals surface area contributed by atoms with Crippen molar-refractivity contribution in [3.05, 3.63) is 28.8 Å². The molecule has 2 rings (SSSR count). The molecular formula is C16H22N2O2. The number of aliphatic hydroxyl groups is 1. The Labute approximate surface area is 120 Å². The third-order valence-electron chi connectivity index (χ3n) is 3.47. The number of aryl methyl sites for hydroxylation is 2. The summed E-state index contributed by atoms with van der Waals surface area (Å²) in [6.07, 6.45) is 2.40. The Hall–Kier alpha value is -1.57. The fourth-order valence-corrected chi connectivity index (χ4v) is 2.17. The maximum absolute atomic E-state index is 10.3. The molecule has 0 aliphatic heterocycles. The first-order chi connectivity index (χ1) is 9.41. The van der Waals surface area contributed by atoms with E-state index >= 15 is 0 Å². The Morgan fingerprint density at radius 2 is 2.00 bits per heavy atom. The van der Waals surface area contributed by atoms with Gasteiger partial charge in [-0.1, -0.05) is 0 Å². The highest BCUT2D eigenvalue weighted by molar-refractivity contribution is 5.47. The quantitative estimate of drug-likeness (QED) is 0.833. The standard InChI is InChI=1S/C16H22N2O2/c1-11-6-13(8-17)7-12(2)15(11)20-10-16(3,19)9-18-14-4-5-14/h6-7,14,18-19H,4-5,9-10H2,1-3H3. The molecule has 0 radical (unpaired) electrons. The van der Waals surface area contributed by atoms with E-state index in [1.54, 1.807) is 19.1 Å². The predicted octanol–water partition coefficient (Wildman–Crippen LogP) is 2.06. The largest absolute Gasteiger partial charge is 0.490 e. The van der Waals surface area contributed by atoms with Crippen LogP contribution in [0.5, 0.6) is 5.75 Å². The Balaban J connectivity index is 1.97. The smallest absolute Gasteiger partial charge is 0.125 e. The first-order valence-electron chi connectivity index (χ1n) is 7.01. The highest BCUT2D eigenvalue weighted by Crippen LogP contribution is 2.26. The van der Waals surface area contributed by atoms with E-state index in [-0.39, 0.29) is 6.61 Å². The molecule has 1 fully saturated rings. The van der Waals surface area contributed by atoms with Crippen LogP contribution in [0.25, 0.3) is 0 Å². The van der Waals surface area contributed by atoms with Gasteiger partial charge in [0.2, 0.25) is 0 Å². The van der Waals surface area contributed by atoms with Gasteiger partial charge in [0.05, 0.1) is 11.6 Å². The Morgan fingerprint density at radius 1 is 1.40 bits per heavy atom. The molecule has 0 spiro atoms. The molecule has 1 aliphatic rings. The van der Waals surface area contributed by atoms with Crippen molar-refractivity contribution in [2.24, 2.45) is 0 Å². The summed E-state index contributed by atoms with van der Waals surface area (Å²) < 4.78 is 5.79. The van der Waals surface area contributed by atoms with Crippen molar-refractivity contribution >= 4 is 0 Å². The molecule has 4 nitrogen and oxygen atoms in total.